The van der Waals surface area contributed by atoms with E-state index in [2.05, 4.69) is 4.90 Å². The van der Waals surface area contributed by atoms with E-state index >= 15 is 0 Å². The number of rotatable bonds is 6. The normalized spacial score (nSPS) is 16.6. The van der Waals surface area contributed by atoms with Crippen LogP contribution in [0.3, 0.4) is 0 Å². The van der Waals surface area contributed by atoms with Gasteiger partial charge in [0.25, 0.3) is 0 Å². The number of benzene rings is 1. The average Bonchev–Trinajstić information content (AvgIpc) is 2.49. The van der Waals surface area contributed by atoms with Crippen LogP contribution in [0.15, 0.2) is 18.2 Å². The SMILES string of the molecule is COc1ccc(CN(CCO)C2CCCCC2)c(O)c1. The summed E-state index contributed by atoms with van der Waals surface area (Å²) >= 11 is 0. The molecular formula is C16H25NO3. The highest BCUT2D eigenvalue weighted by atomic mass is 16.5. The van der Waals surface area contributed by atoms with Crippen LogP contribution < -0.4 is 4.74 Å². The molecule has 4 nitrogen and oxygen atoms in total. The molecule has 0 amide bonds. The summed E-state index contributed by atoms with van der Waals surface area (Å²) in [6, 6.07) is 5.94. The Balaban J connectivity index is 2.06. The summed E-state index contributed by atoms with van der Waals surface area (Å²) in [6.07, 6.45) is 6.23. The minimum Gasteiger partial charge on any atom is -0.507 e. The Morgan fingerprint density at radius 2 is 2.00 bits per heavy atom. The van der Waals surface area contributed by atoms with Gasteiger partial charge in [0.1, 0.15) is 11.5 Å². The lowest BCUT2D eigenvalue weighted by atomic mass is 9.94. The first-order valence-corrected chi connectivity index (χ1v) is 7.45. The first-order chi connectivity index (χ1) is 9.74. The van der Waals surface area contributed by atoms with Gasteiger partial charge in [0, 0.05) is 30.8 Å². The Kier molecular flexibility index (Phi) is 5.68. The van der Waals surface area contributed by atoms with Crippen LogP contribution in [0.4, 0.5) is 0 Å². The minimum absolute atomic E-state index is 0.160. The zero-order valence-corrected chi connectivity index (χ0v) is 12.2. The van der Waals surface area contributed by atoms with E-state index in [1.807, 2.05) is 12.1 Å². The summed E-state index contributed by atoms with van der Waals surface area (Å²) in [5.41, 5.74) is 0.893. The number of phenols is 1. The zero-order valence-electron chi connectivity index (χ0n) is 12.2. The second kappa shape index (κ2) is 7.50. The molecule has 2 rings (SSSR count). The van der Waals surface area contributed by atoms with Gasteiger partial charge in [-0.15, -0.1) is 0 Å². The Morgan fingerprint density at radius 3 is 2.60 bits per heavy atom. The van der Waals surface area contributed by atoms with E-state index in [0.717, 1.165) is 5.56 Å². The summed E-state index contributed by atoms with van der Waals surface area (Å²) in [6.45, 7) is 1.50. The van der Waals surface area contributed by atoms with Crippen LogP contribution in [0.5, 0.6) is 11.5 Å². The lowest BCUT2D eigenvalue weighted by molar-refractivity contribution is 0.116. The smallest absolute Gasteiger partial charge is 0.123 e. The number of nitrogens with zero attached hydrogens (tertiary/aromatic N) is 1. The summed E-state index contributed by atoms with van der Waals surface area (Å²) < 4.78 is 5.11. The van der Waals surface area contributed by atoms with Gasteiger partial charge in [0.05, 0.1) is 13.7 Å². The van der Waals surface area contributed by atoms with Crippen LogP contribution in [0, 0.1) is 0 Å². The number of aliphatic hydroxyl groups is 1. The molecule has 1 aromatic rings. The van der Waals surface area contributed by atoms with Crippen molar-refractivity contribution in [2.75, 3.05) is 20.3 Å². The van der Waals surface area contributed by atoms with Gasteiger partial charge in [-0.1, -0.05) is 25.3 Å². The molecule has 0 saturated heterocycles. The molecule has 1 aromatic carbocycles. The van der Waals surface area contributed by atoms with Crippen molar-refractivity contribution in [3.8, 4) is 11.5 Å². The maximum atomic E-state index is 10.1. The highest BCUT2D eigenvalue weighted by molar-refractivity contribution is 5.39. The molecule has 112 valence electrons. The molecule has 20 heavy (non-hydrogen) atoms. The summed E-state index contributed by atoms with van der Waals surface area (Å²) in [5.74, 6) is 0.931. The Morgan fingerprint density at radius 1 is 1.25 bits per heavy atom. The van der Waals surface area contributed by atoms with Gasteiger partial charge in [-0.2, -0.15) is 0 Å². The van der Waals surface area contributed by atoms with E-state index in [0.29, 0.717) is 24.9 Å². The fourth-order valence-corrected chi connectivity index (χ4v) is 2.99. The van der Waals surface area contributed by atoms with Gasteiger partial charge < -0.3 is 14.9 Å². The van der Waals surface area contributed by atoms with Gasteiger partial charge in [0.15, 0.2) is 0 Å². The number of hydrogen-bond donors (Lipinski definition) is 2. The van der Waals surface area contributed by atoms with Crippen molar-refractivity contribution in [2.45, 2.75) is 44.7 Å². The summed E-state index contributed by atoms with van der Waals surface area (Å²) in [7, 11) is 1.59. The molecule has 0 radical (unpaired) electrons. The topological polar surface area (TPSA) is 52.9 Å². The van der Waals surface area contributed by atoms with Gasteiger partial charge >= 0.3 is 0 Å². The van der Waals surface area contributed by atoms with Crippen molar-refractivity contribution < 1.29 is 14.9 Å². The number of aliphatic hydroxyl groups excluding tert-OH is 1. The molecule has 0 spiro atoms. The van der Waals surface area contributed by atoms with E-state index in [-0.39, 0.29) is 12.4 Å². The molecule has 1 fully saturated rings. The standard InChI is InChI=1S/C16H25NO3/c1-20-15-8-7-13(16(19)11-15)12-17(9-10-18)14-5-3-2-4-6-14/h7-8,11,14,18-19H,2-6,9-10,12H2,1H3. The Hall–Kier alpha value is -1.26. The molecule has 1 aliphatic rings. The molecular weight excluding hydrogens is 254 g/mol. The average molecular weight is 279 g/mol. The van der Waals surface area contributed by atoms with Crippen LogP contribution in [0.1, 0.15) is 37.7 Å². The molecule has 0 aromatic heterocycles. The molecule has 1 aliphatic carbocycles. The molecule has 0 bridgehead atoms. The Labute approximate surface area is 121 Å². The molecule has 2 N–H and O–H groups in total. The van der Waals surface area contributed by atoms with Crippen LogP contribution in [-0.2, 0) is 6.54 Å². The van der Waals surface area contributed by atoms with Crippen molar-refractivity contribution in [1.82, 2.24) is 4.90 Å². The second-order valence-electron chi connectivity index (χ2n) is 5.48. The van der Waals surface area contributed by atoms with Gasteiger partial charge in [-0.3, -0.25) is 4.90 Å². The molecule has 0 heterocycles. The molecule has 4 heteroatoms. The van der Waals surface area contributed by atoms with Crippen LogP contribution in [0.25, 0.3) is 0 Å². The molecule has 1 saturated carbocycles. The number of aromatic hydroxyl groups is 1. The number of hydrogen-bond acceptors (Lipinski definition) is 4. The van der Waals surface area contributed by atoms with Crippen LogP contribution in [-0.4, -0.2) is 41.4 Å². The van der Waals surface area contributed by atoms with Crippen molar-refractivity contribution in [2.24, 2.45) is 0 Å². The van der Waals surface area contributed by atoms with Crippen molar-refractivity contribution in [1.29, 1.82) is 0 Å². The minimum atomic E-state index is 0.160. The van der Waals surface area contributed by atoms with E-state index in [1.54, 1.807) is 13.2 Å². The predicted molar refractivity (Wildman–Crippen MR) is 79.0 cm³/mol. The molecule has 0 unspecified atom stereocenters. The third-order valence-corrected chi connectivity index (χ3v) is 4.14. The maximum absolute atomic E-state index is 10.1. The molecule has 0 aliphatic heterocycles. The van der Waals surface area contributed by atoms with Crippen LogP contribution in [0.2, 0.25) is 0 Å². The number of methoxy groups -OCH3 is 1. The lowest BCUT2D eigenvalue weighted by Crippen LogP contribution is -2.38. The highest BCUT2D eigenvalue weighted by Gasteiger charge is 2.21. The quantitative estimate of drug-likeness (QED) is 0.840. The van der Waals surface area contributed by atoms with E-state index in [9.17, 15) is 10.2 Å². The fourth-order valence-electron chi connectivity index (χ4n) is 2.99. The summed E-state index contributed by atoms with van der Waals surface area (Å²) in [5, 5.41) is 19.3. The highest BCUT2D eigenvalue weighted by Crippen LogP contribution is 2.28. The Bertz CT molecular complexity index is 416. The van der Waals surface area contributed by atoms with Gasteiger partial charge in [0.2, 0.25) is 0 Å². The third-order valence-electron chi connectivity index (χ3n) is 4.14. The largest absolute Gasteiger partial charge is 0.507 e. The van der Waals surface area contributed by atoms with Gasteiger partial charge in [-0.25, -0.2) is 0 Å². The van der Waals surface area contributed by atoms with Crippen molar-refractivity contribution >= 4 is 0 Å². The lowest BCUT2D eigenvalue weighted by Gasteiger charge is -2.34. The molecule has 0 atom stereocenters. The first-order valence-electron chi connectivity index (χ1n) is 7.45. The van der Waals surface area contributed by atoms with Crippen LogP contribution >= 0.6 is 0 Å². The number of phenolic OH excluding ortho intramolecular Hbond substituents is 1. The summed E-state index contributed by atoms with van der Waals surface area (Å²) in [4.78, 5) is 2.29. The zero-order chi connectivity index (χ0) is 14.4. The van der Waals surface area contributed by atoms with Crippen molar-refractivity contribution in [3.05, 3.63) is 23.8 Å². The monoisotopic (exact) mass is 279 g/mol. The first kappa shape index (κ1) is 15.1. The maximum Gasteiger partial charge on any atom is 0.123 e. The third kappa shape index (κ3) is 3.87. The van der Waals surface area contributed by atoms with Gasteiger partial charge in [-0.05, 0) is 18.9 Å². The van der Waals surface area contributed by atoms with E-state index < -0.39 is 0 Å². The van der Waals surface area contributed by atoms with E-state index in [1.165, 1.54) is 32.1 Å². The second-order valence-corrected chi connectivity index (χ2v) is 5.48. The number of ether oxygens (including phenoxy) is 1. The fraction of sp³-hybridized carbons (Fsp3) is 0.625. The van der Waals surface area contributed by atoms with E-state index in [4.69, 9.17) is 4.74 Å². The predicted octanol–water partition coefficient (Wildman–Crippen LogP) is 2.53. The van der Waals surface area contributed by atoms with Crippen molar-refractivity contribution in [3.63, 3.8) is 0 Å².